The highest BCUT2D eigenvalue weighted by atomic mass is 15.2. The second-order valence-electron chi connectivity index (χ2n) is 3.13. The fourth-order valence-corrected chi connectivity index (χ4v) is 1.22. The van der Waals surface area contributed by atoms with Gasteiger partial charge in [-0.3, -0.25) is 0 Å². The third kappa shape index (κ3) is 2.29. The monoisotopic (exact) mass is 164 g/mol. The first-order valence-electron chi connectivity index (χ1n) is 4.55. The van der Waals surface area contributed by atoms with Crippen molar-refractivity contribution in [2.45, 2.75) is 40.0 Å². The van der Waals surface area contributed by atoms with E-state index in [1.165, 1.54) is 11.3 Å². The van der Waals surface area contributed by atoms with Crippen molar-refractivity contribution in [3.63, 3.8) is 0 Å². The topological polar surface area (TPSA) is 24.7 Å². The molecule has 0 aromatic heterocycles. The molecule has 66 valence electrons. The number of nitrogens with zero attached hydrogens (tertiary/aromatic N) is 2. The highest BCUT2D eigenvalue weighted by Gasteiger charge is 2.03. The van der Waals surface area contributed by atoms with Crippen molar-refractivity contribution in [2.75, 3.05) is 0 Å². The van der Waals surface area contributed by atoms with E-state index in [0.717, 1.165) is 25.0 Å². The summed E-state index contributed by atoms with van der Waals surface area (Å²) < 4.78 is 0. The zero-order valence-corrected chi connectivity index (χ0v) is 8.09. The van der Waals surface area contributed by atoms with Crippen LogP contribution in [-0.2, 0) is 0 Å². The van der Waals surface area contributed by atoms with Gasteiger partial charge >= 0.3 is 0 Å². The van der Waals surface area contributed by atoms with Gasteiger partial charge in [0.2, 0.25) is 0 Å². The molecule has 0 amide bonds. The van der Waals surface area contributed by atoms with E-state index in [4.69, 9.17) is 0 Å². The van der Waals surface area contributed by atoms with E-state index in [1.807, 2.05) is 0 Å². The van der Waals surface area contributed by atoms with E-state index in [-0.39, 0.29) is 0 Å². The van der Waals surface area contributed by atoms with E-state index >= 15 is 0 Å². The first kappa shape index (κ1) is 9.17. The van der Waals surface area contributed by atoms with Gasteiger partial charge in [0.25, 0.3) is 0 Å². The molecule has 0 atom stereocenters. The van der Waals surface area contributed by atoms with E-state index in [0.29, 0.717) is 0 Å². The molecule has 0 fully saturated rings. The molecule has 1 heterocycles. The maximum absolute atomic E-state index is 4.20. The molecule has 2 nitrogen and oxygen atoms in total. The van der Waals surface area contributed by atoms with Gasteiger partial charge in [0, 0.05) is 12.1 Å². The molecule has 0 N–H and O–H groups in total. The fourth-order valence-electron chi connectivity index (χ4n) is 1.22. The molecule has 0 saturated heterocycles. The Labute approximate surface area is 74.1 Å². The van der Waals surface area contributed by atoms with Gasteiger partial charge in [-0.25, -0.2) is 0 Å². The lowest BCUT2D eigenvalue weighted by molar-refractivity contribution is 1.11. The summed E-state index contributed by atoms with van der Waals surface area (Å²) in [6.45, 7) is 6.37. The second-order valence-corrected chi connectivity index (χ2v) is 3.13. The van der Waals surface area contributed by atoms with Crippen LogP contribution < -0.4 is 0 Å². The highest BCUT2D eigenvalue weighted by molar-refractivity contribution is 5.98. The van der Waals surface area contributed by atoms with Gasteiger partial charge in [0.05, 0.1) is 5.71 Å². The van der Waals surface area contributed by atoms with Crippen molar-refractivity contribution in [1.29, 1.82) is 0 Å². The van der Waals surface area contributed by atoms with Gasteiger partial charge in [-0.15, -0.1) is 0 Å². The normalized spacial score (nSPS) is 17.8. The molecule has 2 heteroatoms. The third-order valence-corrected chi connectivity index (χ3v) is 1.99. The molecule has 1 rings (SSSR count). The second kappa shape index (κ2) is 4.19. The largest absolute Gasteiger partial charge is 0.160 e. The van der Waals surface area contributed by atoms with E-state index in [1.54, 1.807) is 0 Å². The Morgan fingerprint density at radius 1 is 1.25 bits per heavy atom. The molecule has 0 radical (unpaired) electrons. The zero-order chi connectivity index (χ0) is 8.97. The standard InChI is InChI=1S/C10H16N2/c1-4-9-6-8(3)7-10(5-2)12-11-9/h6H,4-5,7H2,1-3H3. The molecule has 12 heavy (non-hydrogen) atoms. The molecular formula is C10H16N2. The summed E-state index contributed by atoms with van der Waals surface area (Å²) in [5, 5.41) is 8.37. The van der Waals surface area contributed by atoms with Crippen LogP contribution in [0.3, 0.4) is 0 Å². The minimum atomic E-state index is 0.970. The predicted molar refractivity (Wildman–Crippen MR) is 53.8 cm³/mol. The van der Waals surface area contributed by atoms with Crippen molar-refractivity contribution < 1.29 is 0 Å². The maximum Gasteiger partial charge on any atom is 0.0627 e. The number of hydrogen-bond acceptors (Lipinski definition) is 2. The Balaban J connectivity index is 2.85. The molecule has 0 aliphatic carbocycles. The summed E-state index contributed by atoms with van der Waals surface area (Å²) in [5.41, 5.74) is 3.65. The highest BCUT2D eigenvalue weighted by Crippen LogP contribution is 2.10. The molecule has 0 bridgehead atoms. The van der Waals surface area contributed by atoms with Crippen molar-refractivity contribution in [2.24, 2.45) is 10.2 Å². The van der Waals surface area contributed by atoms with Crippen LogP contribution in [0.15, 0.2) is 21.9 Å². The van der Waals surface area contributed by atoms with Gasteiger partial charge < -0.3 is 0 Å². The molecule has 0 aromatic rings. The van der Waals surface area contributed by atoms with Crippen LogP contribution in [-0.4, -0.2) is 11.4 Å². The molecule has 0 spiro atoms. The van der Waals surface area contributed by atoms with Gasteiger partial charge in [-0.2, -0.15) is 10.2 Å². The summed E-state index contributed by atoms with van der Waals surface area (Å²) in [7, 11) is 0. The molecule has 1 aliphatic heterocycles. The van der Waals surface area contributed by atoms with Gasteiger partial charge in [-0.05, 0) is 25.8 Å². The van der Waals surface area contributed by atoms with Crippen molar-refractivity contribution in [1.82, 2.24) is 0 Å². The zero-order valence-electron chi connectivity index (χ0n) is 8.09. The Hall–Kier alpha value is -0.920. The third-order valence-electron chi connectivity index (χ3n) is 1.99. The Bertz CT molecular complexity index is 247. The lowest BCUT2D eigenvalue weighted by atomic mass is 10.1. The first-order valence-corrected chi connectivity index (χ1v) is 4.55. The van der Waals surface area contributed by atoms with Crippen LogP contribution in [0.1, 0.15) is 40.0 Å². The van der Waals surface area contributed by atoms with Crippen LogP contribution >= 0.6 is 0 Å². The van der Waals surface area contributed by atoms with Gasteiger partial charge in [0.15, 0.2) is 0 Å². The first-order chi connectivity index (χ1) is 5.76. The molecule has 0 aromatic carbocycles. The van der Waals surface area contributed by atoms with Crippen molar-refractivity contribution >= 4 is 11.4 Å². The van der Waals surface area contributed by atoms with Crippen molar-refractivity contribution in [3.05, 3.63) is 11.6 Å². The molecule has 1 aliphatic rings. The lowest BCUT2D eigenvalue weighted by Gasteiger charge is -1.97. The van der Waals surface area contributed by atoms with Crippen molar-refractivity contribution in [3.8, 4) is 0 Å². The van der Waals surface area contributed by atoms with Crippen LogP contribution in [0, 0.1) is 0 Å². The van der Waals surface area contributed by atoms with Gasteiger partial charge in [0.1, 0.15) is 0 Å². The quantitative estimate of drug-likeness (QED) is 0.599. The Morgan fingerprint density at radius 2 is 2.00 bits per heavy atom. The number of rotatable bonds is 2. The summed E-state index contributed by atoms with van der Waals surface area (Å²) in [6, 6.07) is 0. The smallest absolute Gasteiger partial charge is 0.0627 e. The molecular weight excluding hydrogens is 148 g/mol. The summed E-state index contributed by atoms with van der Waals surface area (Å²) in [6.07, 6.45) is 5.11. The summed E-state index contributed by atoms with van der Waals surface area (Å²) >= 11 is 0. The van der Waals surface area contributed by atoms with Crippen LogP contribution in [0.25, 0.3) is 0 Å². The minimum absolute atomic E-state index is 0.970. The average molecular weight is 164 g/mol. The van der Waals surface area contributed by atoms with Crippen LogP contribution in [0.2, 0.25) is 0 Å². The van der Waals surface area contributed by atoms with E-state index in [9.17, 15) is 0 Å². The van der Waals surface area contributed by atoms with Crippen LogP contribution in [0.4, 0.5) is 0 Å². The molecule has 0 unspecified atom stereocenters. The predicted octanol–water partition coefficient (Wildman–Crippen LogP) is 2.95. The number of allylic oxidation sites excluding steroid dienone is 2. The van der Waals surface area contributed by atoms with E-state index < -0.39 is 0 Å². The summed E-state index contributed by atoms with van der Waals surface area (Å²) in [4.78, 5) is 0. The fraction of sp³-hybridized carbons (Fsp3) is 0.600. The Morgan fingerprint density at radius 3 is 2.58 bits per heavy atom. The van der Waals surface area contributed by atoms with Gasteiger partial charge in [-0.1, -0.05) is 19.4 Å². The average Bonchev–Trinajstić information content (AvgIpc) is 2.26. The van der Waals surface area contributed by atoms with E-state index in [2.05, 4.69) is 37.1 Å². The summed E-state index contributed by atoms with van der Waals surface area (Å²) in [5.74, 6) is 0. The minimum Gasteiger partial charge on any atom is -0.160 e. The number of hydrogen-bond donors (Lipinski definition) is 0. The Kier molecular flexibility index (Phi) is 3.20. The lowest BCUT2D eigenvalue weighted by Crippen LogP contribution is -1.94. The molecule has 0 saturated carbocycles. The SMILES string of the molecule is CCC1=NN=C(CC)CC(C)=C1. The van der Waals surface area contributed by atoms with Crippen LogP contribution in [0.5, 0.6) is 0 Å². The maximum atomic E-state index is 4.20.